The zero-order valence-electron chi connectivity index (χ0n) is 21.6. The largest absolute Gasteiger partial charge is 0.379 e. The molecule has 1 saturated heterocycles. The van der Waals surface area contributed by atoms with E-state index >= 15 is 0 Å². The van der Waals surface area contributed by atoms with Crippen molar-refractivity contribution < 1.29 is 13.9 Å². The molecule has 0 spiro atoms. The fraction of sp³-hybridized carbons (Fsp3) is 0.345. The number of benzene rings is 2. The number of hydrogen-bond donors (Lipinski definition) is 2. The van der Waals surface area contributed by atoms with E-state index in [0.717, 1.165) is 54.0 Å². The van der Waals surface area contributed by atoms with Gasteiger partial charge in [-0.15, -0.1) is 0 Å². The Bertz CT molecular complexity index is 1480. The number of ether oxygens (including phenoxy) is 1. The lowest BCUT2D eigenvalue weighted by atomic mass is 10.0. The molecule has 6 rings (SSSR count). The topological polar surface area (TPSA) is 83.8 Å². The quantitative estimate of drug-likeness (QED) is 0.386. The summed E-state index contributed by atoms with van der Waals surface area (Å²) in [5.41, 5.74) is 6.27. The molecule has 4 aromatic rings. The maximum Gasteiger partial charge on any atom is 0.251 e. The number of rotatable bonds is 7. The van der Waals surface area contributed by atoms with Gasteiger partial charge in [-0.1, -0.05) is 6.07 Å². The Labute approximate surface area is 220 Å². The van der Waals surface area contributed by atoms with Crippen LogP contribution < -0.4 is 10.6 Å². The molecule has 1 aliphatic heterocycles. The van der Waals surface area contributed by atoms with Crippen molar-refractivity contribution in [2.75, 3.05) is 38.6 Å². The zero-order chi connectivity index (χ0) is 26.2. The van der Waals surface area contributed by atoms with Crippen molar-refractivity contribution in [3.63, 3.8) is 0 Å². The van der Waals surface area contributed by atoms with Gasteiger partial charge in [-0.05, 0) is 74.8 Å². The second kappa shape index (κ2) is 10.2. The van der Waals surface area contributed by atoms with Gasteiger partial charge in [0.2, 0.25) is 0 Å². The van der Waals surface area contributed by atoms with Crippen molar-refractivity contribution >= 4 is 17.2 Å². The SMILES string of the molecule is Cc1cc(-c2cnc3c(NCC4CN(C)CCO4)cc(-c4ccc(F)cc4)nn23)ccc1C(=O)NC1CC1. The van der Waals surface area contributed by atoms with Crippen molar-refractivity contribution in [1.82, 2.24) is 24.8 Å². The molecule has 1 amide bonds. The maximum absolute atomic E-state index is 13.6. The van der Waals surface area contributed by atoms with E-state index in [1.807, 2.05) is 35.7 Å². The van der Waals surface area contributed by atoms with E-state index in [9.17, 15) is 9.18 Å². The maximum atomic E-state index is 13.6. The summed E-state index contributed by atoms with van der Waals surface area (Å²) in [5, 5.41) is 11.5. The number of halogens is 1. The van der Waals surface area contributed by atoms with Crippen LogP contribution in [0, 0.1) is 12.7 Å². The summed E-state index contributed by atoms with van der Waals surface area (Å²) in [6, 6.07) is 14.4. The number of carbonyl (C=O) groups is 1. The summed E-state index contributed by atoms with van der Waals surface area (Å²) < 4.78 is 21.4. The molecule has 2 aromatic carbocycles. The molecular formula is C29H31FN6O2. The summed E-state index contributed by atoms with van der Waals surface area (Å²) in [4.78, 5) is 19.6. The van der Waals surface area contributed by atoms with Gasteiger partial charge in [0.15, 0.2) is 5.65 Å². The molecule has 196 valence electrons. The number of hydrogen-bond acceptors (Lipinski definition) is 6. The Morgan fingerprint density at radius 2 is 1.92 bits per heavy atom. The summed E-state index contributed by atoms with van der Waals surface area (Å²) in [6.07, 6.45) is 3.95. The molecule has 0 radical (unpaired) electrons. The molecule has 1 unspecified atom stereocenters. The minimum atomic E-state index is -0.295. The van der Waals surface area contributed by atoms with Crippen molar-refractivity contribution in [3.05, 3.63) is 71.7 Å². The van der Waals surface area contributed by atoms with Gasteiger partial charge in [0.25, 0.3) is 5.91 Å². The van der Waals surface area contributed by atoms with Crippen molar-refractivity contribution in [1.29, 1.82) is 0 Å². The fourth-order valence-corrected chi connectivity index (χ4v) is 4.84. The molecule has 38 heavy (non-hydrogen) atoms. The number of carbonyl (C=O) groups excluding carboxylic acids is 1. The van der Waals surface area contributed by atoms with Crippen molar-refractivity contribution in [2.24, 2.45) is 0 Å². The smallest absolute Gasteiger partial charge is 0.251 e. The molecule has 2 N–H and O–H groups in total. The van der Waals surface area contributed by atoms with E-state index in [4.69, 9.17) is 14.8 Å². The van der Waals surface area contributed by atoms with Crippen LogP contribution in [0.4, 0.5) is 10.1 Å². The van der Waals surface area contributed by atoms with Crippen LogP contribution in [-0.2, 0) is 4.74 Å². The number of aryl methyl sites for hydroxylation is 1. The van der Waals surface area contributed by atoms with Gasteiger partial charge in [-0.2, -0.15) is 5.10 Å². The Morgan fingerprint density at radius 3 is 2.66 bits per heavy atom. The standard InChI is InChI=1S/C29H31FN6O2/c1-18-13-20(5-10-24(18)29(37)33-22-8-9-22)27-16-32-28-26(31-15-23-17-35(2)11-12-38-23)14-25(34-36(27)28)19-3-6-21(30)7-4-19/h3-7,10,13-14,16,22-23,31H,8-9,11-12,15,17H2,1-2H3,(H,33,37). The second-order valence-electron chi connectivity index (χ2n) is 10.2. The van der Waals surface area contributed by atoms with Crippen LogP contribution in [0.5, 0.6) is 0 Å². The lowest BCUT2D eigenvalue weighted by molar-refractivity contribution is -0.0117. The molecule has 1 atom stereocenters. The zero-order valence-corrected chi connectivity index (χ0v) is 21.6. The van der Waals surface area contributed by atoms with E-state index in [2.05, 4.69) is 22.6 Å². The highest BCUT2D eigenvalue weighted by molar-refractivity contribution is 5.96. The third-order valence-corrected chi connectivity index (χ3v) is 7.15. The van der Waals surface area contributed by atoms with Gasteiger partial charge >= 0.3 is 0 Å². The number of fused-ring (bicyclic) bond motifs is 1. The first-order valence-electron chi connectivity index (χ1n) is 13.1. The molecule has 8 nitrogen and oxygen atoms in total. The van der Waals surface area contributed by atoms with Crippen molar-refractivity contribution in [3.8, 4) is 22.5 Å². The number of nitrogens with one attached hydrogen (secondary N) is 2. The molecular weight excluding hydrogens is 483 g/mol. The number of imidazole rings is 1. The molecule has 2 fully saturated rings. The molecule has 2 aliphatic rings. The first-order chi connectivity index (χ1) is 18.4. The Hall–Kier alpha value is -3.82. The van der Waals surface area contributed by atoms with Crippen LogP contribution in [-0.4, -0.2) is 70.8 Å². The average molecular weight is 515 g/mol. The second-order valence-corrected chi connectivity index (χ2v) is 10.2. The van der Waals surface area contributed by atoms with E-state index in [0.29, 0.717) is 36.1 Å². The van der Waals surface area contributed by atoms with Gasteiger partial charge < -0.3 is 20.3 Å². The molecule has 9 heteroatoms. The molecule has 1 aliphatic carbocycles. The fourth-order valence-electron chi connectivity index (χ4n) is 4.84. The van der Waals surface area contributed by atoms with E-state index < -0.39 is 0 Å². The highest BCUT2D eigenvalue weighted by Crippen LogP contribution is 2.30. The first kappa shape index (κ1) is 24.5. The van der Waals surface area contributed by atoms with E-state index in [-0.39, 0.29) is 17.8 Å². The van der Waals surface area contributed by atoms with Gasteiger partial charge in [-0.25, -0.2) is 13.9 Å². The third-order valence-electron chi connectivity index (χ3n) is 7.15. The molecule has 3 heterocycles. The van der Waals surface area contributed by atoms with Crippen LogP contribution in [0.15, 0.2) is 54.7 Å². The van der Waals surface area contributed by atoms with Gasteiger partial charge in [-0.3, -0.25) is 4.79 Å². The average Bonchev–Trinajstić information content (AvgIpc) is 3.62. The minimum Gasteiger partial charge on any atom is -0.379 e. The summed E-state index contributed by atoms with van der Waals surface area (Å²) in [5.74, 6) is -0.329. The first-order valence-corrected chi connectivity index (χ1v) is 13.1. The van der Waals surface area contributed by atoms with Crippen LogP contribution in [0.2, 0.25) is 0 Å². The lowest BCUT2D eigenvalue weighted by Gasteiger charge is -2.30. The van der Waals surface area contributed by atoms with Crippen LogP contribution in [0.1, 0.15) is 28.8 Å². The number of amides is 1. The number of aromatic nitrogens is 3. The third kappa shape index (κ3) is 5.12. The van der Waals surface area contributed by atoms with Gasteiger partial charge in [0.1, 0.15) is 5.82 Å². The summed E-state index contributed by atoms with van der Waals surface area (Å²) in [7, 11) is 2.09. The molecule has 2 aromatic heterocycles. The Kier molecular flexibility index (Phi) is 6.55. The van der Waals surface area contributed by atoms with Crippen LogP contribution in [0.25, 0.3) is 28.2 Å². The highest BCUT2D eigenvalue weighted by atomic mass is 19.1. The predicted molar refractivity (Wildman–Crippen MR) is 145 cm³/mol. The number of likely N-dealkylation sites (N-methyl/N-ethyl adjacent to an activating group) is 1. The summed E-state index contributed by atoms with van der Waals surface area (Å²) in [6.45, 7) is 5.05. The van der Waals surface area contributed by atoms with Crippen LogP contribution >= 0.6 is 0 Å². The predicted octanol–water partition coefficient (Wildman–Crippen LogP) is 4.15. The minimum absolute atomic E-state index is 0.0338. The number of nitrogens with zero attached hydrogens (tertiary/aromatic N) is 4. The monoisotopic (exact) mass is 514 g/mol. The van der Waals surface area contributed by atoms with Crippen LogP contribution in [0.3, 0.4) is 0 Å². The van der Waals surface area contributed by atoms with Gasteiger partial charge in [0.05, 0.1) is 36.0 Å². The number of morpholine rings is 1. The Balaban J connectivity index is 1.37. The molecule has 1 saturated carbocycles. The molecule has 0 bridgehead atoms. The van der Waals surface area contributed by atoms with E-state index in [1.165, 1.54) is 12.1 Å². The number of anilines is 1. The van der Waals surface area contributed by atoms with Crippen molar-refractivity contribution in [2.45, 2.75) is 31.9 Å². The normalized spacial score (nSPS) is 18.0. The highest BCUT2D eigenvalue weighted by Gasteiger charge is 2.25. The van der Waals surface area contributed by atoms with E-state index in [1.54, 1.807) is 18.3 Å². The lowest BCUT2D eigenvalue weighted by Crippen LogP contribution is -2.43. The van der Waals surface area contributed by atoms with Gasteiger partial charge in [0, 0.05) is 42.4 Å². The summed E-state index contributed by atoms with van der Waals surface area (Å²) >= 11 is 0. The Morgan fingerprint density at radius 1 is 1.13 bits per heavy atom.